The SMILES string of the molecule is COc1cc2c(cc1C(C)=O)NCC(C(C)=O)CC2. The Hall–Kier alpha value is -1.84. The summed E-state index contributed by atoms with van der Waals surface area (Å²) in [5, 5.41) is 3.27. The van der Waals surface area contributed by atoms with E-state index in [9.17, 15) is 9.59 Å². The molecule has 19 heavy (non-hydrogen) atoms. The fourth-order valence-corrected chi connectivity index (χ4v) is 2.45. The van der Waals surface area contributed by atoms with E-state index in [0.717, 1.165) is 24.1 Å². The number of aryl methyl sites for hydroxylation is 1. The van der Waals surface area contributed by atoms with E-state index in [4.69, 9.17) is 4.74 Å². The third kappa shape index (κ3) is 2.78. The van der Waals surface area contributed by atoms with Gasteiger partial charge >= 0.3 is 0 Å². The molecule has 1 N–H and O–H groups in total. The van der Waals surface area contributed by atoms with E-state index in [1.54, 1.807) is 14.0 Å². The van der Waals surface area contributed by atoms with Crippen molar-refractivity contribution in [3.8, 4) is 5.75 Å². The Labute approximate surface area is 113 Å². The lowest BCUT2D eigenvalue weighted by Gasteiger charge is -2.13. The lowest BCUT2D eigenvalue weighted by Crippen LogP contribution is -2.19. The zero-order valence-corrected chi connectivity index (χ0v) is 11.6. The Kier molecular flexibility index (Phi) is 3.88. The topological polar surface area (TPSA) is 55.4 Å². The molecule has 1 aliphatic rings. The molecule has 4 heteroatoms. The van der Waals surface area contributed by atoms with Crippen molar-refractivity contribution in [3.63, 3.8) is 0 Å². The molecule has 1 atom stereocenters. The predicted octanol–water partition coefficient (Wildman–Crippen LogP) is 2.46. The monoisotopic (exact) mass is 261 g/mol. The van der Waals surface area contributed by atoms with Gasteiger partial charge in [0.25, 0.3) is 0 Å². The number of ketones is 2. The minimum atomic E-state index is -0.0196. The van der Waals surface area contributed by atoms with Crippen LogP contribution in [-0.4, -0.2) is 25.2 Å². The highest BCUT2D eigenvalue weighted by atomic mass is 16.5. The minimum absolute atomic E-state index is 0.0196. The van der Waals surface area contributed by atoms with Crippen molar-refractivity contribution in [2.75, 3.05) is 19.0 Å². The van der Waals surface area contributed by atoms with Crippen molar-refractivity contribution < 1.29 is 14.3 Å². The molecule has 1 aromatic rings. The van der Waals surface area contributed by atoms with Crippen LogP contribution in [0.3, 0.4) is 0 Å². The molecule has 1 aliphatic heterocycles. The van der Waals surface area contributed by atoms with Crippen molar-refractivity contribution >= 4 is 17.3 Å². The molecule has 0 aromatic heterocycles. The summed E-state index contributed by atoms with van der Waals surface area (Å²) in [6.07, 6.45) is 1.65. The van der Waals surface area contributed by atoms with Gasteiger partial charge in [-0.25, -0.2) is 0 Å². The Balaban J connectivity index is 2.37. The van der Waals surface area contributed by atoms with Gasteiger partial charge in [0.15, 0.2) is 5.78 Å². The van der Waals surface area contributed by atoms with E-state index in [1.165, 1.54) is 6.92 Å². The lowest BCUT2D eigenvalue weighted by atomic mass is 9.97. The van der Waals surface area contributed by atoms with E-state index in [0.29, 0.717) is 17.9 Å². The molecule has 0 radical (unpaired) electrons. The Morgan fingerprint density at radius 1 is 1.32 bits per heavy atom. The van der Waals surface area contributed by atoms with E-state index < -0.39 is 0 Å². The van der Waals surface area contributed by atoms with Gasteiger partial charge in [0.05, 0.1) is 12.7 Å². The van der Waals surface area contributed by atoms with Gasteiger partial charge in [-0.1, -0.05) is 0 Å². The van der Waals surface area contributed by atoms with Gasteiger partial charge in [0, 0.05) is 18.2 Å². The van der Waals surface area contributed by atoms with Crippen LogP contribution < -0.4 is 10.1 Å². The molecule has 2 rings (SSSR count). The van der Waals surface area contributed by atoms with Gasteiger partial charge in [-0.3, -0.25) is 9.59 Å². The normalized spacial score (nSPS) is 17.9. The molecule has 1 heterocycles. The quantitative estimate of drug-likeness (QED) is 0.849. The van der Waals surface area contributed by atoms with Crippen LogP contribution in [-0.2, 0) is 11.2 Å². The number of nitrogens with one attached hydrogen (secondary N) is 1. The van der Waals surface area contributed by atoms with E-state index in [-0.39, 0.29) is 17.5 Å². The number of carbonyl (C=O) groups is 2. The molecule has 0 fully saturated rings. The summed E-state index contributed by atoms with van der Waals surface area (Å²) < 4.78 is 5.27. The predicted molar refractivity (Wildman–Crippen MR) is 74.0 cm³/mol. The molecule has 0 saturated heterocycles. The summed E-state index contributed by atoms with van der Waals surface area (Å²) in [4.78, 5) is 23.1. The first kappa shape index (κ1) is 13.6. The van der Waals surface area contributed by atoms with Crippen molar-refractivity contribution in [3.05, 3.63) is 23.3 Å². The maximum absolute atomic E-state index is 11.6. The zero-order valence-electron chi connectivity index (χ0n) is 11.6. The molecule has 0 saturated carbocycles. The fraction of sp³-hybridized carbons (Fsp3) is 0.467. The second kappa shape index (κ2) is 5.43. The van der Waals surface area contributed by atoms with Crippen LogP contribution in [0.25, 0.3) is 0 Å². The highest BCUT2D eigenvalue weighted by Crippen LogP contribution is 2.31. The third-order valence-electron chi connectivity index (χ3n) is 3.68. The first-order valence-corrected chi connectivity index (χ1v) is 6.49. The number of rotatable bonds is 3. The second-order valence-electron chi connectivity index (χ2n) is 4.99. The number of methoxy groups -OCH3 is 1. The summed E-state index contributed by atoms with van der Waals surface area (Å²) in [7, 11) is 1.57. The highest BCUT2D eigenvalue weighted by Gasteiger charge is 2.21. The number of carbonyl (C=O) groups excluding carboxylic acids is 2. The molecular weight excluding hydrogens is 242 g/mol. The Morgan fingerprint density at radius 2 is 2.05 bits per heavy atom. The summed E-state index contributed by atoms with van der Waals surface area (Å²) in [5.74, 6) is 0.835. The largest absolute Gasteiger partial charge is 0.496 e. The van der Waals surface area contributed by atoms with E-state index in [2.05, 4.69) is 5.32 Å². The van der Waals surface area contributed by atoms with Crippen LogP contribution >= 0.6 is 0 Å². The van der Waals surface area contributed by atoms with Crippen LogP contribution in [0.4, 0.5) is 5.69 Å². The maximum Gasteiger partial charge on any atom is 0.163 e. The van der Waals surface area contributed by atoms with Crippen LogP contribution in [0.5, 0.6) is 5.75 Å². The average Bonchev–Trinajstić information content (AvgIpc) is 2.58. The van der Waals surface area contributed by atoms with Crippen molar-refractivity contribution in [2.45, 2.75) is 26.7 Å². The van der Waals surface area contributed by atoms with Crippen LogP contribution in [0, 0.1) is 5.92 Å². The van der Waals surface area contributed by atoms with Gasteiger partial charge in [-0.15, -0.1) is 0 Å². The number of hydrogen-bond acceptors (Lipinski definition) is 4. The van der Waals surface area contributed by atoms with Gasteiger partial charge in [-0.2, -0.15) is 0 Å². The number of hydrogen-bond donors (Lipinski definition) is 1. The second-order valence-corrected chi connectivity index (χ2v) is 4.99. The summed E-state index contributed by atoms with van der Waals surface area (Å²) in [6.45, 7) is 3.79. The molecule has 1 aromatic carbocycles. The number of fused-ring (bicyclic) bond motifs is 1. The van der Waals surface area contributed by atoms with Crippen LogP contribution in [0.1, 0.15) is 36.2 Å². The number of benzene rings is 1. The summed E-state index contributed by atoms with van der Waals surface area (Å²) in [6, 6.07) is 3.74. The Bertz CT molecular complexity index is 522. The summed E-state index contributed by atoms with van der Waals surface area (Å²) in [5.41, 5.74) is 2.62. The van der Waals surface area contributed by atoms with E-state index >= 15 is 0 Å². The maximum atomic E-state index is 11.6. The van der Waals surface area contributed by atoms with Crippen molar-refractivity contribution in [1.29, 1.82) is 0 Å². The zero-order chi connectivity index (χ0) is 14.0. The first-order valence-electron chi connectivity index (χ1n) is 6.49. The van der Waals surface area contributed by atoms with Crippen LogP contribution in [0.15, 0.2) is 12.1 Å². The number of Topliss-reactive ketones (excluding diaryl/α,β-unsaturated/α-hetero) is 2. The standard InChI is InChI=1S/C15H19NO3/c1-9(17)12-5-4-11-6-15(19-3)13(10(2)18)7-14(11)16-8-12/h6-7,12,16H,4-5,8H2,1-3H3. The smallest absolute Gasteiger partial charge is 0.163 e. The molecule has 0 aliphatic carbocycles. The van der Waals surface area contributed by atoms with Gasteiger partial charge in [0.1, 0.15) is 11.5 Å². The van der Waals surface area contributed by atoms with Crippen LogP contribution in [0.2, 0.25) is 0 Å². The third-order valence-corrected chi connectivity index (χ3v) is 3.68. The average molecular weight is 261 g/mol. The van der Waals surface area contributed by atoms with Gasteiger partial charge in [-0.05, 0) is 44.4 Å². The molecule has 1 unspecified atom stereocenters. The van der Waals surface area contributed by atoms with Crippen molar-refractivity contribution in [1.82, 2.24) is 0 Å². The van der Waals surface area contributed by atoms with Gasteiger partial charge < -0.3 is 10.1 Å². The summed E-state index contributed by atoms with van der Waals surface area (Å²) >= 11 is 0. The highest BCUT2D eigenvalue weighted by molar-refractivity contribution is 5.98. The first-order chi connectivity index (χ1) is 9.02. The Morgan fingerprint density at radius 3 is 2.63 bits per heavy atom. The molecule has 0 spiro atoms. The molecule has 102 valence electrons. The number of ether oxygens (including phenoxy) is 1. The van der Waals surface area contributed by atoms with E-state index in [1.807, 2.05) is 12.1 Å². The lowest BCUT2D eigenvalue weighted by molar-refractivity contribution is -0.120. The molecule has 0 bridgehead atoms. The molecule has 0 amide bonds. The minimum Gasteiger partial charge on any atom is -0.496 e. The number of anilines is 1. The van der Waals surface area contributed by atoms with Gasteiger partial charge in [0.2, 0.25) is 0 Å². The fourth-order valence-electron chi connectivity index (χ4n) is 2.45. The molecular formula is C15H19NO3. The van der Waals surface area contributed by atoms with Crippen molar-refractivity contribution in [2.24, 2.45) is 5.92 Å². The molecule has 4 nitrogen and oxygen atoms in total.